The second kappa shape index (κ2) is 10.1. The Labute approximate surface area is 154 Å². The molecular formula is C18H28ClN3O3. The maximum atomic E-state index is 11.6. The quantitative estimate of drug-likeness (QED) is 0.313. The molecule has 0 aliphatic carbocycles. The van der Waals surface area contributed by atoms with Crippen LogP contribution in [-0.4, -0.2) is 31.2 Å². The van der Waals surface area contributed by atoms with Gasteiger partial charge in [0.2, 0.25) is 0 Å². The van der Waals surface area contributed by atoms with Crippen molar-refractivity contribution < 1.29 is 14.3 Å². The molecule has 0 fully saturated rings. The molecule has 0 aromatic heterocycles. The Morgan fingerprint density at radius 2 is 2.00 bits per heavy atom. The smallest absolute Gasteiger partial charge is 0.306 e. The van der Waals surface area contributed by atoms with Gasteiger partial charge >= 0.3 is 5.97 Å². The summed E-state index contributed by atoms with van der Waals surface area (Å²) < 4.78 is 10.4. The molecule has 1 aromatic carbocycles. The standard InChI is InChI=1S/C18H28ClN3O3/c1-18(2,3)25-16(23)8-6-5-7-11-21-17(20)22-13-9-10-15(24-4)14(19)12-13/h9-10,12H,5-8,11H2,1-4H3,(H3,20,21,22). The average Bonchev–Trinajstić information content (AvgIpc) is 2.49. The van der Waals surface area contributed by atoms with E-state index in [9.17, 15) is 4.79 Å². The number of aliphatic imine (C=N–C) groups is 1. The summed E-state index contributed by atoms with van der Waals surface area (Å²) >= 11 is 6.06. The van der Waals surface area contributed by atoms with Gasteiger partial charge in [-0.3, -0.25) is 9.79 Å². The van der Waals surface area contributed by atoms with Gasteiger partial charge in [-0.1, -0.05) is 18.0 Å². The van der Waals surface area contributed by atoms with Gasteiger partial charge in [-0.15, -0.1) is 0 Å². The highest BCUT2D eigenvalue weighted by atomic mass is 35.5. The number of esters is 1. The number of halogens is 1. The Kier molecular flexibility index (Phi) is 8.55. The van der Waals surface area contributed by atoms with E-state index >= 15 is 0 Å². The van der Waals surface area contributed by atoms with Gasteiger partial charge in [-0.25, -0.2) is 0 Å². The largest absolute Gasteiger partial charge is 0.495 e. The second-order valence-electron chi connectivity index (χ2n) is 6.64. The van der Waals surface area contributed by atoms with Crippen LogP contribution >= 0.6 is 11.6 Å². The normalized spacial score (nSPS) is 12.0. The van der Waals surface area contributed by atoms with Crippen molar-refractivity contribution in [2.24, 2.45) is 10.7 Å². The molecule has 0 aliphatic rings. The van der Waals surface area contributed by atoms with E-state index in [-0.39, 0.29) is 5.97 Å². The number of carbonyl (C=O) groups excluding carboxylic acids is 1. The molecule has 0 saturated carbocycles. The van der Waals surface area contributed by atoms with Crippen molar-refractivity contribution in [3.05, 3.63) is 23.2 Å². The lowest BCUT2D eigenvalue weighted by atomic mass is 10.1. The Morgan fingerprint density at radius 3 is 2.60 bits per heavy atom. The number of guanidine groups is 1. The van der Waals surface area contributed by atoms with E-state index in [0.717, 1.165) is 24.9 Å². The summed E-state index contributed by atoms with van der Waals surface area (Å²) in [5.41, 5.74) is 6.17. The van der Waals surface area contributed by atoms with Crippen LogP contribution in [0.1, 0.15) is 46.5 Å². The number of anilines is 1. The number of nitrogens with zero attached hydrogens (tertiary/aromatic N) is 1. The van der Waals surface area contributed by atoms with Crippen LogP contribution < -0.4 is 15.8 Å². The lowest BCUT2D eigenvalue weighted by Gasteiger charge is -2.19. The van der Waals surface area contributed by atoms with Gasteiger partial charge in [-0.2, -0.15) is 0 Å². The Bertz CT molecular complexity index is 598. The number of benzene rings is 1. The molecule has 0 heterocycles. The van der Waals surface area contributed by atoms with Gasteiger partial charge in [-0.05, 0) is 51.8 Å². The van der Waals surface area contributed by atoms with E-state index in [2.05, 4.69) is 10.3 Å². The van der Waals surface area contributed by atoms with Crippen LogP contribution in [0.4, 0.5) is 5.69 Å². The fraction of sp³-hybridized carbons (Fsp3) is 0.556. The predicted molar refractivity (Wildman–Crippen MR) is 102 cm³/mol. The molecule has 7 heteroatoms. The van der Waals surface area contributed by atoms with Crippen LogP contribution in [0.15, 0.2) is 23.2 Å². The third-order valence-corrected chi connectivity index (χ3v) is 3.46. The predicted octanol–water partition coefficient (Wildman–Crippen LogP) is 3.98. The van der Waals surface area contributed by atoms with Crippen LogP contribution in [-0.2, 0) is 9.53 Å². The Hall–Kier alpha value is -1.95. The lowest BCUT2D eigenvalue weighted by Crippen LogP contribution is -2.23. The lowest BCUT2D eigenvalue weighted by molar-refractivity contribution is -0.154. The topological polar surface area (TPSA) is 85.9 Å². The maximum absolute atomic E-state index is 11.6. The van der Waals surface area contributed by atoms with E-state index < -0.39 is 5.60 Å². The third-order valence-electron chi connectivity index (χ3n) is 3.17. The maximum Gasteiger partial charge on any atom is 0.306 e. The highest BCUT2D eigenvalue weighted by molar-refractivity contribution is 6.32. The first-order chi connectivity index (χ1) is 11.7. The molecule has 1 rings (SSSR count). The van der Waals surface area contributed by atoms with Crippen molar-refractivity contribution in [2.75, 3.05) is 19.0 Å². The number of methoxy groups -OCH3 is 1. The zero-order chi connectivity index (χ0) is 18.9. The summed E-state index contributed by atoms with van der Waals surface area (Å²) in [6, 6.07) is 5.30. The highest BCUT2D eigenvalue weighted by Gasteiger charge is 2.15. The van der Waals surface area contributed by atoms with Gasteiger partial charge in [0, 0.05) is 18.7 Å². The van der Waals surface area contributed by atoms with E-state index in [1.807, 2.05) is 26.8 Å². The molecular weight excluding hydrogens is 342 g/mol. The highest BCUT2D eigenvalue weighted by Crippen LogP contribution is 2.27. The number of hydrogen-bond acceptors (Lipinski definition) is 4. The van der Waals surface area contributed by atoms with Crippen molar-refractivity contribution >= 4 is 29.2 Å². The molecule has 0 spiro atoms. The average molecular weight is 370 g/mol. The zero-order valence-electron chi connectivity index (χ0n) is 15.4. The van der Waals surface area contributed by atoms with Crippen molar-refractivity contribution in [2.45, 2.75) is 52.1 Å². The second-order valence-corrected chi connectivity index (χ2v) is 7.05. The number of unbranched alkanes of at least 4 members (excludes halogenated alkanes) is 2. The van der Waals surface area contributed by atoms with Crippen molar-refractivity contribution in [1.29, 1.82) is 0 Å². The van der Waals surface area contributed by atoms with Gasteiger partial charge < -0.3 is 20.5 Å². The van der Waals surface area contributed by atoms with Crippen LogP contribution in [0, 0.1) is 0 Å². The summed E-state index contributed by atoms with van der Waals surface area (Å²) in [5.74, 6) is 0.773. The number of ether oxygens (including phenoxy) is 2. The third kappa shape index (κ3) is 9.19. The molecule has 1 aromatic rings. The van der Waals surface area contributed by atoms with Crippen LogP contribution in [0.2, 0.25) is 5.02 Å². The first kappa shape index (κ1) is 21.1. The number of hydrogen-bond donors (Lipinski definition) is 2. The fourth-order valence-corrected chi connectivity index (χ4v) is 2.34. The summed E-state index contributed by atoms with van der Waals surface area (Å²) in [4.78, 5) is 15.8. The minimum atomic E-state index is -0.425. The molecule has 3 N–H and O–H groups in total. The number of rotatable bonds is 8. The van der Waals surface area contributed by atoms with E-state index in [0.29, 0.717) is 29.7 Å². The van der Waals surface area contributed by atoms with Gasteiger partial charge in [0.15, 0.2) is 5.96 Å². The van der Waals surface area contributed by atoms with Crippen molar-refractivity contribution in [1.82, 2.24) is 0 Å². The fourth-order valence-electron chi connectivity index (χ4n) is 2.08. The molecule has 0 radical (unpaired) electrons. The first-order valence-corrected chi connectivity index (χ1v) is 8.71. The zero-order valence-corrected chi connectivity index (χ0v) is 16.2. The minimum Gasteiger partial charge on any atom is -0.495 e. The van der Waals surface area contributed by atoms with Crippen molar-refractivity contribution in [3.8, 4) is 5.75 Å². The van der Waals surface area contributed by atoms with Crippen LogP contribution in [0.3, 0.4) is 0 Å². The van der Waals surface area contributed by atoms with Crippen LogP contribution in [0.5, 0.6) is 5.75 Å². The van der Waals surface area contributed by atoms with Gasteiger partial charge in [0.1, 0.15) is 11.4 Å². The van der Waals surface area contributed by atoms with E-state index in [4.69, 9.17) is 26.8 Å². The van der Waals surface area contributed by atoms with Crippen LogP contribution in [0.25, 0.3) is 0 Å². The molecule has 0 unspecified atom stereocenters. The number of nitrogens with two attached hydrogens (primary N) is 1. The first-order valence-electron chi connectivity index (χ1n) is 8.33. The van der Waals surface area contributed by atoms with Gasteiger partial charge in [0.25, 0.3) is 0 Å². The van der Waals surface area contributed by atoms with Gasteiger partial charge in [0.05, 0.1) is 12.1 Å². The molecule has 6 nitrogen and oxygen atoms in total. The molecule has 0 bridgehead atoms. The number of carbonyl (C=O) groups is 1. The van der Waals surface area contributed by atoms with Crippen molar-refractivity contribution in [3.63, 3.8) is 0 Å². The minimum absolute atomic E-state index is 0.159. The molecule has 0 atom stereocenters. The monoisotopic (exact) mass is 369 g/mol. The summed E-state index contributed by atoms with van der Waals surface area (Å²) in [6.07, 6.45) is 2.96. The Morgan fingerprint density at radius 1 is 1.28 bits per heavy atom. The number of nitrogens with one attached hydrogen (secondary N) is 1. The molecule has 0 amide bonds. The Balaban J connectivity index is 2.25. The molecule has 0 aliphatic heterocycles. The summed E-state index contributed by atoms with van der Waals surface area (Å²) in [7, 11) is 1.56. The molecule has 0 saturated heterocycles. The van der Waals surface area contributed by atoms with E-state index in [1.54, 1.807) is 19.2 Å². The summed E-state index contributed by atoms with van der Waals surface area (Å²) in [6.45, 7) is 6.19. The van der Waals surface area contributed by atoms with E-state index in [1.165, 1.54) is 0 Å². The molecule has 25 heavy (non-hydrogen) atoms. The molecule has 140 valence electrons. The SMILES string of the molecule is COc1ccc(NC(N)=NCCCCCC(=O)OC(C)(C)C)cc1Cl. The summed E-state index contributed by atoms with van der Waals surface area (Å²) in [5, 5.41) is 3.48.